The highest BCUT2D eigenvalue weighted by Crippen LogP contribution is 2.41. The maximum Gasteiger partial charge on any atom is 0.250 e. The topological polar surface area (TPSA) is 38.0 Å². The van der Waals surface area contributed by atoms with Gasteiger partial charge in [0.2, 0.25) is 0 Å². The molecule has 2 nitrogen and oxygen atoms in total. The zero-order valence-corrected chi connectivity index (χ0v) is 8.89. The molecule has 0 aliphatic heterocycles. The minimum atomic E-state index is -2.28. The molecule has 0 unspecified atom stereocenters. The van der Waals surface area contributed by atoms with Crippen LogP contribution in [0.25, 0.3) is 0 Å². The van der Waals surface area contributed by atoms with E-state index in [0.717, 1.165) is 12.8 Å². The number of hydrogen-bond donors (Lipinski definition) is 2. The van der Waals surface area contributed by atoms with Gasteiger partial charge in [0.25, 0.3) is 6.43 Å². The maximum absolute atomic E-state index is 12.0. The van der Waals surface area contributed by atoms with Crippen molar-refractivity contribution in [1.82, 2.24) is 5.32 Å². The highest BCUT2D eigenvalue weighted by molar-refractivity contribution is 5.02. The number of rotatable bonds is 5. The summed E-state index contributed by atoms with van der Waals surface area (Å²) in [7, 11) is 0. The second-order valence-electron chi connectivity index (χ2n) is 4.67. The van der Waals surface area contributed by atoms with Crippen LogP contribution >= 0.6 is 0 Å². The lowest BCUT2D eigenvalue weighted by molar-refractivity contribution is 0.0524. The monoisotopic (exact) mass is 206 g/mol. The molecule has 1 fully saturated rings. The van der Waals surface area contributed by atoms with Crippen molar-refractivity contribution in [2.75, 3.05) is 13.1 Å². The molecule has 14 heavy (non-hydrogen) atoms. The summed E-state index contributed by atoms with van der Waals surface area (Å²) in [5, 5.41) is 2.89. The number of hydrogen-bond acceptors (Lipinski definition) is 2. The smallest absolute Gasteiger partial charge is 0.250 e. The average molecular weight is 206 g/mol. The highest BCUT2D eigenvalue weighted by Gasteiger charge is 2.43. The van der Waals surface area contributed by atoms with E-state index >= 15 is 0 Å². The molecule has 0 aromatic carbocycles. The van der Waals surface area contributed by atoms with Gasteiger partial charge in [0, 0.05) is 12.1 Å². The number of alkyl halides is 2. The molecule has 0 aromatic heterocycles. The number of nitrogens with two attached hydrogens (primary N) is 1. The number of nitrogens with one attached hydrogen (secondary N) is 1. The van der Waals surface area contributed by atoms with Crippen molar-refractivity contribution in [2.24, 2.45) is 17.6 Å². The van der Waals surface area contributed by atoms with E-state index in [9.17, 15) is 8.78 Å². The summed E-state index contributed by atoms with van der Waals surface area (Å²) in [5.41, 5.74) is 5.41. The molecule has 0 spiro atoms. The van der Waals surface area contributed by atoms with Crippen molar-refractivity contribution >= 4 is 0 Å². The molecule has 1 aliphatic carbocycles. The van der Waals surface area contributed by atoms with Crippen molar-refractivity contribution in [3.8, 4) is 0 Å². The van der Waals surface area contributed by atoms with E-state index in [1.165, 1.54) is 0 Å². The normalized spacial score (nSPS) is 32.4. The van der Waals surface area contributed by atoms with Gasteiger partial charge in [-0.2, -0.15) is 0 Å². The largest absolute Gasteiger partial charge is 0.329 e. The SMILES string of the molecule is CC(C)C1CC(CN)(NCC(F)F)C1. The third kappa shape index (κ3) is 2.64. The summed E-state index contributed by atoms with van der Waals surface area (Å²) in [6.45, 7) is 4.56. The predicted octanol–water partition coefficient (Wildman–Crippen LogP) is 1.60. The fourth-order valence-electron chi connectivity index (χ4n) is 2.09. The molecule has 0 atom stereocenters. The van der Waals surface area contributed by atoms with Crippen LogP contribution in [0.15, 0.2) is 0 Å². The van der Waals surface area contributed by atoms with Crippen molar-refractivity contribution in [2.45, 2.75) is 38.7 Å². The summed E-state index contributed by atoms with van der Waals surface area (Å²) in [6, 6.07) is 0. The van der Waals surface area contributed by atoms with E-state index in [1.807, 2.05) is 0 Å². The third-order valence-electron chi connectivity index (χ3n) is 3.27. The average Bonchev–Trinajstić information content (AvgIpc) is 2.02. The first kappa shape index (κ1) is 11.9. The van der Waals surface area contributed by atoms with Gasteiger partial charge >= 0.3 is 0 Å². The van der Waals surface area contributed by atoms with Gasteiger partial charge < -0.3 is 11.1 Å². The Balaban J connectivity index is 2.33. The molecule has 1 aliphatic rings. The first-order valence-electron chi connectivity index (χ1n) is 5.22. The fourth-order valence-corrected chi connectivity index (χ4v) is 2.09. The highest BCUT2D eigenvalue weighted by atomic mass is 19.3. The van der Waals surface area contributed by atoms with Gasteiger partial charge in [-0.3, -0.25) is 0 Å². The van der Waals surface area contributed by atoms with Crippen LogP contribution in [0.5, 0.6) is 0 Å². The standard InChI is InChI=1S/C10H20F2N2/c1-7(2)8-3-10(4-8,6-13)14-5-9(11)12/h7-9,14H,3-6,13H2,1-2H3. The van der Waals surface area contributed by atoms with E-state index in [0.29, 0.717) is 18.4 Å². The lowest BCUT2D eigenvalue weighted by atomic mass is 9.64. The third-order valence-corrected chi connectivity index (χ3v) is 3.27. The quantitative estimate of drug-likeness (QED) is 0.717. The fraction of sp³-hybridized carbons (Fsp3) is 1.00. The van der Waals surface area contributed by atoms with Crippen molar-refractivity contribution < 1.29 is 8.78 Å². The molecule has 1 saturated carbocycles. The van der Waals surface area contributed by atoms with Gasteiger partial charge in [-0.1, -0.05) is 13.8 Å². The summed E-state index contributed by atoms with van der Waals surface area (Å²) in [4.78, 5) is 0. The molecule has 0 amide bonds. The van der Waals surface area contributed by atoms with Gasteiger partial charge in [-0.15, -0.1) is 0 Å². The molecule has 4 heteroatoms. The summed E-state index contributed by atoms with van der Waals surface area (Å²) >= 11 is 0. The Morgan fingerprint density at radius 3 is 2.36 bits per heavy atom. The van der Waals surface area contributed by atoms with Crippen LogP contribution in [0.1, 0.15) is 26.7 Å². The van der Waals surface area contributed by atoms with E-state index in [-0.39, 0.29) is 12.1 Å². The summed E-state index contributed by atoms with van der Waals surface area (Å²) in [6.07, 6.45) is -0.404. The van der Waals surface area contributed by atoms with Gasteiger partial charge in [0.15, 0.2) is 0 Å². The van der Waals surface area contributed by atoms with Gasteiger partial charge in [0.1, 0.15) is 0 Å². The zero-order chi connectivity index (χ0) is 10.8. The van der Waals surface area contributed by atoms with Crippen LogP contribution in [0.4, 0.5) is 8.78 Å². The molecule has 84 valence electrons. The first-order valence-corrected chi connectivity index (χ1v) is 5.22. The first-order chi connectivity index (χ1) is 6.49. The Kier molecular flexibility index (Phi) is 3.84. The van der Waals surface area contributed by atoms with E-state index in [4.69, 9.17) is 5.73 Å². The molecule has 0 bridgehead atoms. The Hall–Kier alpha value is -0.220. The van der Waals surface area contributed by atoms with Gasteiger partial charge in [0.05, 0.1) is 6.54 Å². The molecule has 0 radical (unpaired) electrons. The van der Waals surface area contributed by atoms with Crippen molar-refractivity contribution in [3.63, 3.8) is 0 Å². The lowest BCUT2D eigenvalue weighted by Crippen LogP contribution is -2.61. The summed E-state index contributed by atoms with van der Waals surface area (Å²) < 4.78 is 24.0. The predicted molar refractivity (Wildman–Crippen MR) is 53.4 cm³/mol. The van der Waals surface area contributed by atoms with Crippen LogP contribution in [0.3, 0.4) is 0 Å². The van der Waals surface area contributed by atoms with Crippen LogP contribution in [-0.2, 0) is 0 Å². The van der Waals surface area contributed by atoms with Crippen molar-refractivity contribution in [3.05, 3.63) is 0 Å². The van der Waals surface area contributed by atoms with Gasteiger partial charge in [-0.05, 0) is 24.7 Å². The van der Waals surface area contributed by atoms with Crippen molar-refractivity contribution in [1.29, 1.82) is 0 Å². The zero-order valence-electron chi connectivity index (χ0n) is 8.89. The molecule has 0 heterocycles. The molecule has 1 rings (SSSR count). The summed E-state index contributed by atoms with van der Waals surface area (Å²) in [5.74, 6) is 1.27. The van der Waals surface area contributed by atoms with Crippen LogP contribution < -0.4 is 11.1 Å². The number of halogens is 2. The second-order valence-corrected chi connectivity index (χ2v) is 4.67. The van der Waals surface area contributed by atoms with Gasteiger partial charge in [-0.25, -0.2) is 8.78 Å². The Morgan fingerprint density at radius 2 is 2.00 bits per heavy atom. The van der Waals surface area contributed by atoms with E-state index in [1.54, 1.807) is 0 Å². The van der Waals surface area contributed by atoms with E-state index in [2.05, 4.69) is 19.2 Å². The molecular weight excluding hydrogens is 186 g/mol. The van der Waals surface area contributed by atoms with Crippen LogP contribution in [0.2, 0.25) is 0 Å². The molecule has 0 aromatic rings. The minimum absolute atomic E-state index is 0.203. The Bertz CT molecular complexity index is 171. The van der Waals surface area contributed by atoms with E-state index < -0.39 is 6.43 Å². The lowest BCUT2D eigenvalue weighted by Gasteiger charge is -2.49. The molecule has 3 N–H and O–H groups in total. The maximum atomic E-state index is 12.0. The van der Waals surface area contributed by atoms with Crippen LogP contribution in [-0.4, -0.2) is 25.1 Å². The van der Waals surface area contributed by atoms with Crippen LogP contribution in [0, 0.1) is 11.8 Å². The Labute approximate surface area is 84.2 Å². The minimum Gasteiger partial charge on any atom is -0.329 e. The second kappa shape index (κ2) is 4.53. The Morgan fingerprint density at radius 1 is 1.43 bits per heavy atom. The molecule has 0 saturated heterocycles. The molecular formula is C10H20F2N2.